The van der Waals surface area contributed by atoms with Crippen LogP contribution in [0, 0.1) is 5.92 Å². The van der Waals surface area contributed by atoms with E-state index in [0.717, 1.165) is 47.4 Å². The van der Waals surface area contributed by atoms with Crippen LogP contribution in [0.25, 0.3) is 16.8 Å². The van der Waals surface area contributed by atoms with Gasteiger partial charge in [0.1, 0.15) is 17.1 Å². The summed E-state index contributed by atoms with van der Waals surface area (Å²) in [6, 6.07) is 8.07. The first kappa shape index (κ1) is 14.3. The molecule has 1 fully saturated rings. The normalized spacial score (nSPS) is 16.3. The predicted octanol–water partition coefficient (Wildman–Crippen LogP) is 3.52. The first-order chi connectivity index (χ1) is 11.3. The minimum Gasteiger partial charge on any atom is -0.494 e. The molecule has 0 aliphatic carbocycles. The number of fused-ring (bicyclic) bond motifs is 3. The second-order valence-electron chi connectivity index (χ2n) is 6.23. The number of rotatable bonds is 3. The summed E-state index contributed by atoms with van der Waals surface area (Å²) in [5, 5.41) is 0. The van der Waals surface area contributed by atoms with Crippen molar-refractivity contribution < 1.29 is 4.74 Å². The van der Waals surface area contributed by atoms with E-state index in [0.29, 0.717) is 0 Å². The number of hydrogen-bond acceptors (Lipinski definition) is 4. The van der Waals surface area contributed by atoms with E-state index in [1.54, 1.807) is 7.11 Å². The minimum atomic E-state index is 0.736. The lowest BCUT2D eigenvalue weighted by atomic mass is 9.94. The SMILES string of the molecule is CCC1CCN(c2ccn3c(n2)nc2c(OC)cccc23)CC1. The van der Waals surface area contributed by atoms with Crippen molar-refractivity contribution in [3.05, 3.63) is 30.5 Å². The van der Waals surface area contributed by atoms with Crippen LogP contribution in [0.1, 0.15) is 26.2 Å². The number of hydrogen-bond donors (Lipinski definition) is 0. The maximum atomic E-state index is 5.41. The standard InChI is InChI=1S/C18H22N4O/c1-3-13-7-10-21(11-8-13)16-9-12-22-14-5-4-6-15(23-2)17(14)20-18(22)19-16/h4-6,9,12-13H,3,7-8,10-11H2,1-2H3. The molecular weight excluding hydrogens is 288 g/mol. The smallest absolute Gasteiger partial charge is 0.236 e. The summed E-state index contributed by atoms with van der Waals surface area (Å²) in [5.74, 6) is 3.42. The summed E-state index contributed by atoms with van der Waals surface area (Å²) in [7, 11) is 1.68. The van der Waals surface area contributed by atoms with Crippen LogP contribution in [0.5, 0.6) is 5.75 Å². The average molecular weight is 310 g/mol. The topological polar surface area (TPSA) is 42.7 Å². The molecule has 0 amide bonds. The number of para-hydroxylation sites is 1. The highest BCUT2D eigenvalue weighted by atomic mass is 16.5. The molecule has 0 unspecified atom stereocenters. The zero-order valence-corrected chi connectivity index (χ0v) is 13.7. The van der Waals surface area contributed by atoms with Crippen molar-refractivity contribution in [1.82, 2.24) is 14.4 Å². The Morgan fingerprint density at radius 2 is 2.00 bits per heavy atom. The van der Waals surface area contributed by atoms with Crippen molar-refractivity contribution in [3.8, 4) is 5.75 Å². The zero-order chi connectivity index (χ0) is 15.8. The number of imidazole rings is 1. The lowest BCUT2D eigenvalue weighted by molar-refractivity contribution is 0.394. The Labute approximate surface area is 135 Å². The van der Waals surface area contributed by atoms with Crippen molar-refractivity contribution >= 4 is 22.6 Å². The highest BCUT2D eigenvalue weighted by Crippen LogP contribution is 2.27. The number of anilines is 1. The monoisotopic (exact) mass is 310 g/mol. The van der Waals surface area contributed by atoms with E-state index in [1.165, 1.54) is 19.3 Å². The molecule has 4 rings (SSSR count). The van der Waals surface area contributed by atoms with Gasteiger partial charge in [-0.2, -0.15) is 4.98 Å². The van der Waals surface area contributed by atoms with Crippen LogP contribution in [0.4, 0.5) is 5.82 Å². The molecular formula is C18H22N4O. The molecule has 0 spiro atoms. The Morgan fingerprint density at radius 3 is 2.74 bits per heavy atom. The molecule has 0 radical (unpaired) electrons. The van der Waals surface area contributed by atoms with E-state index in [2.05, 4.69) is 29.1 Å². The van der Waals surface area contributed by atoms with Gasteiger partial charge in [-0.1, -0.05) is 19.4 Å². The summed E-state index contributed by atoms with van der Waals surface area (Å²) >= 11 is 0. The second-order valence-corrected chi connectivity index (χ2v) is 6.23. The number of aromatic nitrogens is 3. The van der Waals surface area contributed by atoms with Crippen LogP contribution in [0.3, 0.4) is 0 Å². The predicted molar refractivity (Wildman–Crippen MR) is 92.3 cm³/mol. The Balaban J connectivity index is 1.72. The number of piperidine rings is 1. The van der Waals surface area contributed by atoms with Gasteiger partial charge in [0.25, 0.3) is 0 Å². The third-order valence-electron chi connectivity index (χ3n) is 4.99. The summed E-state index contributed by atoms with van der Waals surface area (Å²) in [4.78, 5) is 11.8. The molecule has 0 atom stereocenters. The van der Waals surface area contributed by atoms with Crippen LogP contribution < -0.4 is 9.64 Å². The van der Waals surface area contributed by atoms with Crippen LogP contribution in [-0.2, 0) is 0 Å². The van der Waals surface area contributed by atoms with Crippen molar-refractivity contribution in [2.45, 2.75) is 26.2 Å². The van der Waals surface area contributed by atoms with Gasteiger partial charge in [-0.15, -0.1) is 0 Å². The van der Waals surface area contributed by atoms with Crippen molar-refractivity contribution in [1.29, 1.82) is 0 Å². The summed E-state index contributed by atoms with van der Waals surface area (Å²) in [6.45, 7) is 4.46. The van der Waals surface area contributed by atoms with E-state index in [1.807, 2.05) is 22.6 Å². The Bertz CT molecular complexity index is 834. The Kier molecular flexibility index (Phi) is 3.56. The molecule has 0 N–H and O–H groups in total. The lowest BCUT2D eigenvalue weighted by Crippen LogP contribution is -2.34. The summed E-state index contributed by atoms with van der Waals surface area (Å²) < 4.78 is 7.44. The molecule has 1 saturated heterocycles. The van der Waals surface area contributed by atoms with Crippen LogP contribution >= 0.6 is 0 Å². The minimum absolute atomic E-state index is 0.736. The van der Waals surface area contributed by atoms with Crippen LogP contribution in [0.2, 0.25) is 0 Å². The maximum Gasteiger partial charge on any atom is 0.236 e. The molecule has 2 aromatic heterocycles. The van der Waals surface area contributed by atoms with Gasteiger partial charge in [-0.05, 0) is 37.0 Å². The molecule has 3 heterocycles. The van der Waals surface area contributed by atoms with Crippen LogP contribution in [0.15, 0.2) is 30.5 Å². The average Bonchev–Trinajstić information content (AvgIpc) is 2.99. The number of methoxy groups -OCH3 is 1. The van der Waals surface area contributed by atoms with E-state index in [9.17, 15) is 0 Å². The summed E-state index contributed by atoms with van der Waals surface area (Å²) in [6.07, 6.45) is 5.87. The van der Waals surface area contributed by atoms with Gasteiger partial charge in [-0.25, -0.2) is 4.98 Å². The molecule has 0 saturated carbocycles. The number of benzene rings is 1. The fourth-order valence-corrected chi connectivity index (χ4v) is 3.50. The van der Waals surface area contributed by atoms with E-state index < -0.39 is 0 Å². The lowest BCUT2D eigenvalue weighted by Gasteiger charge is -2.32. The molecule has 1 aliphatic heterocycles. The largest absolute Gasteiger partial charge is 0.494 e. The highest BCUT2D eigenvalue weighted by Gasteiger charge is 2.19. The molecule has 5 heteroatoms. The highest BCUT2D eigenvalue weighted by molar-refractivity contribution is 5.85. The second kappa shape index (κ2) is 5.72. The quantitative estimate of drug-likeness (QED) is 0.742. The van der Waals surface area contributed by atoms with Gasteiger partial charge >= 0.3 is 0 Å². The molecule has 1 aromatic carbocycles. The Hall–Kier alpha value is -2.30. The first-order valence-electron chi connectivity index (χ1n) is 8.37. The molecule has 120 valence electrons. The number of ether oxygens (including phenoxy) is 1. The summed E-state index contributed by atoms with van der Waals surface area (Å²) in [5.41, 5.74) is 1.90. The van der Waals surface area contributed by atoms with Crippen LogP contribution in [-0.4, -0.2) is 34.6 Å². The van der Waals surface area contributed by atoms with E-state index in [4.69, 9.17) is 9.72 Å². The van der Waals surface area contributed by atoms with Gasteiger partial charge in [0.2, 0.25) is 5.78 Å². The third-order valence-corrected chi connectivity index (χ3v) is 4.99. The number of nitrogens with zero attached hydrogens (tertiary/aromatic N) is 4. The van der Waals surface area contributed by atoms with Gasteiger partial charge < -0.3 is 9.64 Å². The van der Waals surface area contributed by atoms with Gasteiger partial charge in [0, 0.05) is 19.3 Å². The maximum absolute atomic E-state index is 5.41. The molecule has 23 heavy (non-hydrogen) atoms. The van der Waals surface area contributed by atoms with Gasteiger partial charge in [0.15, 0.2) is 0 Å². The molecule has 1 aliphatic rings. The first-order valence-corrected chi connectivity index (χ1v) is 8.37. The molecule has 3 aromatic rings. The van der Waals surface area contributed by atoms with Crippen molar-refractivity contribution in [2.75, 3.05) is 25.1 Å². The molecule has 0 bridgehead atoms. The van der Waals surface area contributed by atoms with E-state index >= 15 is 0 Å². The zero-order valence-electron chi connectivity index (χ0n) is 13.7. The fraction of sp³-hybridized carbons (Fsp3) is 0.444. The van der Waals surface area contributed by atoms with Crippen molar-refractivity contribution in [3.63, 3.8) is 0 Å². The Morgan fingerprint density at radius 1 is 1.17 bits per heavy atom. The third kappa shape index (κ3) is 2.40. The van der Waals surface area contributed by atoms with Gasteiger partial charge in [0.05, 0.1) is 12.6 Å². The van der Waals surface area contributed by atoms with E-state index in [-0.39, 0.29) is 0 Å². The van der Waals surface area contributed by atoms with Crippen molar-refractivity contribution in [2.24, 2.45) is 5.92 Å². The fourth-order valence-electron chi connectivity index (χ4n) is 3.50. The van der Waals surface area contributed by atoms with Gasteiger partial charge in [-0.3, -0.25) is 4.40 Å². The molecule has 5 nitrogen and oxygen atoms in total.